The first-order chi connectivity index (χ1) is 34.4. The monoisotopic (exact) mass is 976 g/mol. The molecule has 5 aromatic rings. The van der Waals surface area contributed by atoms with Crippen LogP contribution in [0.3, 0.4) is 0 Å². The molecule has 0 saturated carbocycles. The van der Waals surface area contributed by atoms with E-state index in [4.69, 9.17) is 27.0 Å². The number of hydrogen-bond donors (Lipinski definition) is 9. The second-order valence-electron chi connectivity index (χ2n) is 17.3. The molecule has 0 spiro atoms. The topological polar surface area (TPSA) is 269 Å². The van der Waals surface area contributed by atoms with E-state index in [2.05, 4.69) is 50.3 Å². The second kappa shape index (κ2) is 35.1. The number of aromatic amines is 1. The van der Waals surface area contributed by atoms with Crippen molar-refractivity contribution in [3.8, 4) is 5.75 Å². The molecule has 12 N–H and O–H groups in total. The van der Waals surface area contributed by atoms with Crippen molar-refractivity contribution >= 4 is 46.8 Å². The lowest BCUT2D eigenvalue weighted by Gasteiger charge is -2.19. The average Bonchev–Trinajstić information content (AvgIpc) is 3.79. The number of nitrogens with zero attached hydrogens (tertiary/aromatic N) is 1. The molecule has 0 fully saturated rings. The van der Waals surface area contributed by atoms with Crippen molar-refractivity contribution in [3.63, 3.8) is 0 Å². The van der Waals surface area contributed by atoms with E-state index in [-0.39, 0.29) is 24.8 Å². The molecule has 5 rings (SSSR count). The minimum Gasteiger partial charge on any atom is -0.489 e. The molecule has 71 heavy (non-hydrogen) atoms. The highest BCUT2D eigenvalue weighted by Gasteiger charge is 2.23. The number of aryl methyl sites for hydroxylation is 1. The molecule has 0 radical (unpaired) electrons. The summed E-state index contributed by atoms with van der Waals surface area (Å²) in [5.41, 5.74) is 21.4. The third-order valence-electron chi connectivity index (χ3n) is 11.5. The molecule has 0 aliphatic carbocycles. The second-order valence-corrected chi connectivity index (χ2v) is 17.3. The van der Waals surface area contributed by atoms with Gasteiger partial charge in [0.2, 0.25) is 17.7 Å². The molecule has 16 heteroatoms. The van der Waals surface area contributed by atoms with Crippen molar-refractivity contribution in [2.24, 2.45) is 22.2 Å². The maximum atomic E-state index is 13.2. The summed E-state index contributed by atoms with van der Waals surface area (Å²) in [4.78, 5) is 68.0. The molecule has 16 nitrogen and oxygen atoms in total. The zero-order chi connectivity index (χ0) is 51.5. The predicted molar refractivity (Wildman–Crippen MR) is 283 cm³/mol. The fourth-order valence-electron chi connectivity index (χ4n) is 7.45. The lowest BCUT2D eigenvalue weighted by atomic mass is 10.0. The van der Waals surface area contributed by atoms with Gasteiger partial charge in [-0.3, -0.25) is 24.2 Å². The van der Waals surface area contributed by atoms with Gasteiger partial charge in [0.1, 0.15) is 30.7 Å². The minimum atomic E-state index is -0.892. The van der Waals surface area contributed by atoms with E-state index in [1.807, 2.05) is 103 Å². The Morgan fingerprint density at radius 3 is 1.93 bits per heavy atom. The van der Waals surface area contributed by atoms with Gasteiger partial charge in [-0.1, -0.05) is 142 Å². The van der Waals surface area contributed by atoms with Crippen LogP contribution in [0, 0.1) is 6.92 Å². The van der Waals surface area contributed by atoms with Gasteiger partial charge in [-0.15, -0.1) is 0 Å². The predicted octanol–water partition coefficient (Wildman–Crippen LogP) is 6.38. The molecule has 0 bridgehead atoms. The molecule has 0 aliphatic rings. The van der Waals surface area contributed by atoms with E-state index in [1.165, 1.54) is 31.2 Å². The van der Waals surface area contributed by atoms with E-state index < -0.39 is 35.9 Å². The average molecular weight is 976 g/mol. The smallest absolute Gasteiger partial charge is 0.321 e. The molecular formula is C55H77N9O7. The van der Waals surface area contributed by atoms with E-state index in [0.29, 0.717) is 50.9 Å². The molecule has 0 aliphatic heterocycles. The number of unbranched alkanes of at least 4 members (excludes halogenated alkanes) is 8. The highest BCUT2D eigenvalue weighted by atomic mass is 16.5. The van der Waals surface area contributed by atoms with Crippen LogP contribution in [0.5, 0.6) is 5.75 Å². The molecule has 3 unspecified atom stereocenters. The summed E-state index contributed by atoms with van der Waals surface area (Å²) in [6.45, 7) is 3.25. The standard InChI is InChI=1S/C36H55N7O5.C12H14N2O2.C7H8/c37-22-12-7-5-3-1-2-4-6-11-17-33(45)43-32(24-28-18-20-31(21-19-28)48-27-29-14-9-8-10-15-29)35(47)41-25-34(46)42-30(26-44)16-13-23-40-36(38)39;1-13-11(12(15)16)6-8-7-14-10-5-3-2-4-9(8)10;1-7-5-3-2-4-6-7/h8-10,14-15,18-21,26,30,32H,1-7,11-13,16-17,22-25,27,37H2,(H,41,47)(H,42,46)(H,43,45)(H4,38,39,40);2-5,7,11,13-14H,6H2,1H3,(H,15,16);2-6H,1H3. The summed E-state index contributed by atoms with van der Waals surface area (Å²) in [6.07, 6.45) is 14.1. The number of benzene rings is 4. The Labute approximate surface area is 419 Å². The van der Waals surface area contributed by atoms with E-state index in [0.717, 1.165) is 66.2 Å². The Hall–Kier alpha value is -7.04. The Morgan fingerprint density at radius 1 is 0.718 bits per heavy atom. The van der Waals surface area contributed by atoms with Gasteiger partial charge in [0, 0.05) is 42.9 Å². The highest BCUT2D eigenvalue weighted by Crippen LogP contribution is 2.19. The summed E-state index contributed by atoms with van der Waals surface area (Å²) >= 11 is 0. The molecule has 0 saturated heterocycles. The SMILES string of the molecule is CNC(Cc1c[nH]c2ccccc12)C(=O)O.Cc1ccccc1.NCCCCCCCCCCCC(=O)NC(Cc1ccc(OCc2ccccc2)cc1)C(=O)NCC(=O)NC(C=O)CCCN=C(N)N. The number of nitrogens with two attached hydrogens (primary N) is 3. The first kappa shape index (κ1) is 58.3. The third-order valence-corrected chi connectivity index (χ3v) is 11.5. The number of carbonyl (C=O) groups excluding carboxylic acids is 4. The van der Waals surface area contributed by atoms with Crippen molar-refractivity contribution in [1.29, 1.82) is 0 Å². The van der Waals surface area contributed by atoms with Crippen LogP contribution in [-0.4, -0.2) is 90.8 Å². The fraction of sp³-hybridized carbons (Fsp3) is 0.418. The number of para-hydroxylation sites is 1. The molecule has 1 heterocycles. The number of ether oxygens (including phenoxy) is 1. The maximum absolute atomic E-state index is 13.2. The highest BCUT2D eigenvalue weighted by molar-refractivity contribution is 5.91. The number of aliphatic carboxylic acids is 1. The van der Waals surface area contributed by atoms with Crippen LogP contribution in [0.4, 0.5) is 0 Å². The number of nitrogens with one attached hydrogen (secondary N) is 5. The van der Waals surface area contributed by atoms with Crippen LogP contribution in [0.25, 0.3) is 10.9 Å². The van der Waals surface area contributed by atoms with Gasteiger partial charge < -0.3 is 58.1 Å². The van der Waals surface area contributed by atoms with Gasteiger partial charge in [-0.25, -0.2) is 0 Å². The van der Waals surface area contributed by atoms with Gasteiger partial charge in [-0.05, 0) is 81.1 Å². The number of carboxylic acid groups (broad SMARTS) is 1. The zero-order valence-corrected chi connectivity index (χ0v) is 41.6. The largest absolute Gasteiger partial charge is 0.489 e. The molecule has 1 aromatic heterocycles. The number of guanidine groups is 1. The van der Waals surface area contributed by atoms with Crippen LogP contribution in [-0.2, 0) is 43.4 Å². The summed E-state index contributed by atoms with van der Waals surface area (Å²) in [6, 6.07) is 33.2. The van der Waals surface area contributed by atoms with Crippen LogP contribution in [0.15, 0.2) is 120 Å². The van der Waals surface area contributed by atoms with Crippen molar-refractivity contribution in [1.82, 2.24) is 26.3 Å². The number of aldehydes is 1. The Bertz CT molecular complexity index is 2300. The van der Waals surface area contributed by atoms with Crippen LogP contribution < -0.4 is 43.2 Å². The Kier molecular flexibility index (Phi) is 28.8. The molecule has 384 valence electrons. The number of H-pyrrole nitrogens is 1. The van der Waals surface area contributed by atoms with Crippen molar-refractivity contribution in [2.75, 3.05) is 26.7 Å². The van der Waals surface area contributed by atoms with E-state index >= 15 is 0 Å². The molecular weight excluding hydrogens is 899 g/mol. The maximum Gasteiger partial charge on any atom is 0.321 e. The summed E-state index contributed by atoms with van der Waals surface area (Å²) in [5.74, 6) is -1.42. The van der Waals surface area contributed by atoms with Gasteiger partial charge in [0.05, 0.1) is 12.6 Å². The summed E-state index contributed by atoms with van der Waals surface area (Å²) in [7, 11) is 1.66. The number of aromatic nitrogens is 1. The Morgan fingerprint density at radius 2 is 1.34 bits per heavy atom. The number of carboxylic acids is 1. The number of likely N-dealkylation sites (N-methyl/N-ethyl adjacent to an activating group) is 1. The van der Waals surface area contributed by atoms with Gasteiger partial charge in [0.15, 0.2) is 5.96 Å². The first-order valence-electron chi connectivity index (χ1n) is 24.7. The number of carbonyl (C=O) groups is 5. The lowest BCUT2D eigenvalue weighted by molar-refractivity contribution is -0.139. The number of aliphatic imine (C=N–C) groups is 1. The summed E-state index contributed by atoms with van der Waals surface area (Å²) in [5, 5.41) is 20.9. The van der Waals surface area contributed by atoms with Crippen LogP contribution in [0.2, 0.25) is 0 Å². The quantitative estimate of drug-likeness (QED) is 0.0105. The van der Waals surface area contributed by atoms with Gasteiger partial charge in [0.25, 0.3) is 0 Å². The van der Waals surface area contributed by atoms with Crippen molar-refractivity contribution in [3.05, 3.63) is 138 Å². The zero-order valence-electron chi connectivity index (χ0n) is 41.6. The number of fused-ring (bicyclic) bond motifs is 1. The van der Waals surface area contributed by atoms with Crippen molar-refractivity contribution in [2.45, 2.75) is 122 Å². The van der Waals surface area contributed by atoms with Crippen molar-refractivity contribution < 1.29 is 33.8 Å². The lowest BCUT2D eigenvalue weighted by Crippen LogP contribution is -2.51. The normalized spacial score (nSPS) is 11.8. The minimum absolute atomic E-state index is 0.0429. The van der Waals surface area contributed by atoms with Crippen LogP contribution in [0.1, 0.15) is 99.3 Å². The van der Waals surface area contributed by atoms with Gasteiger partial charge >= 0.3 is 5.97 Å². The van der Waals surface area contributed by atoms with Crippen LogP contribution >= 0.6 is 0 Å². The third kappa shape index (κ3) is 25.4. The first-order valence-corrected chi connectivity index (χ1v) is 24.7. The molecule has 3 atom stereocenters. The number of hydrogen-bond acceptors (Lipinski definition) is 9. The summed E-state index contributed by atoms with van der Waals surface area (Å²) < 4.78 is 5.87. The Balaban J connectivity index is 0.000000465. The van der Waals surface area contributed by atoms with E-state index in [1.54, 1.807) is 7.05 Å². The molecule has 3 amide bonds. The molecule has 4 aromatic carbocycles. The number of rotatable bonds is 30. The van der Waals surface area contributed by atoms with Gasteiger partial charge in [-0.2, -0.15) is 0 Å². The fourth-order valence-corrected chi connectivity index (χ4v) is 7.45. The number of amides is 3. The van der Waals surface area contributed by atoms with E-state index in [9.17, 15) is 24.0 Å².